The molecule has 0 saturated heterocycles. The average molecular weight is 207 g/mol. The summed E-state index contributed by atoms with van der Waals surface area (Å²) >= 11 is 0. The summed E-state index contributed by atoms with van der Waals surface area (Å²) in [5, 5.41) is 24.1. The number of nitrogens with zero attached hydrogens (tertiary/aromatic N) is 4. The van der Waals surface area contributed by atoms with Crippen molar-refractivity contribution in [1.82, 2.24) is 25.2 Å². The van der Waals surface area contributed by atoms with E-state index in [2.05, 4.69) is 20.5 Å². The monoisotopic (exact) mass is 207 g/mol. The summed E-state index contributed by atoms with van der Waals surface area (Å²) in [6, 6.07) is 0. The van der Waals surface area contributed by atoms with Gasteiger partial charge in [0.25, 0.3) is 0 Å². The fraction of sp³-hybridized carbons (Fsp3) is 0.444. The van der Waals surface area contributed by atoms with Gasteiger partial charge in [0.1, 0.15) is 0 Å². The van der Waals surface area contributed by atoms with Crippen LogP contribution in [0, 0.1) is 0 Å². The van der Waals surface area contributed by atoms with E-state index in [1.807, 2.05) is 13.1 Å². The molecule has 6 heteroatoms. The normalized spacial score (nSPS) is 12.9. The third-order valence-electron chi connectivity index (χ3n) is 2.22. The molecule has 0 bridgehead atoms. The van der Waals surface area contributed by atoms with Gasteiger partial charge in [-0.2, -0.15) is 5.10 Å². The Bertz CT molecular complexity index is 408. The van der Waals surface area contributed by atoms with Gasteiger partial charge in [0.2, 0.25) is 0 Å². The zero-order valence-corrected chi connectivity index (χ0v) is 8.46. The number of aliphatic hydroxyl groups is 1. The van der Waals surface area contributed by atoms with Crippen LogP contribution in [0.25, 0.3) is 0 Å². The first-order chi connectivity index (χ1) is 7.29. The molecule has 2 heterocycles. The van der Waals surface area contributed by atoms with Crippen LogP contribution in [-0.2, 0) is 13.0 Å². The lowest BCUT2D eigenvalue weighted by Crippen LogP contribution is -2.00. The number of aromatic nitrogens is 5. The molecule has 2 rings (SSSR count). The molecule has 0 aromatic carbocycles. The number of rotatable bonds is 4. The minimum absolute atomic E-state index is 0.458. The molecule has 1 atom stereocenters. The van der Waals surface area contributed by atoms with Crippen molar-refractivity contribution in [3.63, 3.8) is 0 Å². The molecular weight excluding hydrogens is 194 g/mol. The molecule has 15 heavy (non-hydrogen) atoms. The van der Waals surface area contributed by atoms with E-state index in [1.54, 1.807) is 17.1 Å². The van der Waals surface area contributed by atoms with Crippen molar-refractivity contribution < 1.29 is 5.11 Å². The van der Waals surface area contributed by atoms with Gasteiger partial charge in [0, 0.05) is 30.9 Å². The van der Waals surface area contributed by atoms with Crippen molar-refractivity contribution in [3.05, 3.63) is 29.8 Å². The lowest BCUT2D eigenvalue weighted by Gasteiger charge is -2.04. The molecule has 0 spiro atoms. The van der Waals surface area contributed by atoms with Crippen LogP contribution < -0.4 is 0 Å². The molecule has 2 aromatic heterocycles. The molecule has 1 unspecified atom stereocenters. The summed E-state index contributed by atoms with van der Waals surface area (Å²) < 4.78 is 1.73. The third kappa shape index (κ3) is 2.21. The minimum Gasteiger partial charge on any atom is -0.388 e. The number of hydrogen-bond donors (Lipinski definition) is 2. The standard InChI is InChI=1S/C9H13N5O/c1-2-14-6-8(12-13-14)3-9(15)7-4-10-11-5-7/h4-6,9,15H,2-3H2,1H3,(H,10,11). The van der Waals surface area contributed by atoms with Crippen LogP contribution in [0.5, 0.6) is 0 Å². The summed E-state index contributed by atoms with van der Waals surface area (Å²) in [4.78, 5) is 0. The van der Waals surface area contributed by atoms with Crippen LogP contribution in [0.3, 0.4) is 0 Å². The number of aromatic amines is 1. The Kier molecular flexibility index (Phi) is 2.77. The van der Waals surface area contributed by atoms with Crippen molar-refractivity contribution in [1.29, 1.82) is 0 Å². The lowest BCUT2D eigenvalue weighted by molar-refractivity contribution is 0.177. The van der Waals surface area contributed by atoms with Crippen LogP contribution in [0.1, 0.15) is 24.3 Å². The fourth-order valence-corrected chi connectivity index (χ4v) is 1.35. The van der Waals surface area contributed by atoms with E-state index in [4.69, 9.17) is 0 Å². The fourth-order valence-electron chi connectivity index (χ4n) is 1.35. The average Bonchev–Trinajstić information content (AvgIpc) is 2.87. The highest BCUT2D eigenvalue weighted by Crippen LogP contribution is 2.14. The number of aliphatic hydroxyl groups excluding tert-OH is 1. The predicted molar refractivity (Wildman–Crippen MR) is 52.9 cm³/mol. The van der Waals surface area contributed by atoms with Crippen molar-refractivity contribution in [2.75, 3.05) is 0 Å². The smallest absolute Gasteiger partial charge is 0.0877 e. The van der Waals surface area contributed by atoms with E-state index in [1.165, 1.54) is 0 Å². The Morgan fingerprint density at radius 1 is 1.60 bits per heavy atom. The van der Waals surface area contributed by atoms with Crippen LogP contribution in [-0.4, -0.2) is 30.3 Å². The Hall–Kier alpha value is -1.69. The second-order valence-electron chi connectivity index (χ2n) is 3.32. The zero-order valence-electron chi connectivity index (χ0n) is 8.46. The highest BCUT2D eigenvalue weighted by Gasteiger charge is 2.11. The van der Waals surface area contributed by atoms with Gasteiger partial charge in [-0.3, -0.25) is 9.78 Å². The van der Waals surface area contributed by atoms with E-state index in [-0.39, 0.29) is 0 Å². The topological polar surface area (TPSA) is 79.6 Å². The molecule has 0 saturated carbocycles. The SMILES string of the molecule is CCn1cc(CC(O)c2cn[nH]c2)nn1. The van der Waals surface area contributed by atoms with E-state index >= 15 is 0 Å². The first-order valence-corrected chi connectivity index (χ1v) is 4.85. The van der Waals surface area contributed by atoms with Gasteiger partial charge in [-0.25, -0.2) is 0 Å². The summed E-state index contributed by atoms with van der Waals surface area (Å²) in [7, 11) is 0. The number of aryl methyl sites for hydroxylation is 1. The molecular formula is C9H13N5O. The first-order valence-electron chi connectivity index (χ1n) is 4.85. The summed E-state index contributed by atoms with van der Waals surface area (Å²) in [6.07, 6.45) is 5.00. The van der Waals surface area contributed by atoms with Crippen LogP contribution in [0.15, 0.2) is 18.6 Å². The lowest BCUT2D eigenvalue weighted by atomic mass is 10.1. The first kappa shape index (κ1) is 9.85. The maximum atomic E-state index is 9.81. The van der Waals surface area contributed by atoms with E-state index < -0.39 is 6.10 Å². The molecule has 2 N–H and O–H groups in total. The predicted octanol–water partition coefficient (Wildman–Crippen LogP) is 0.297. The highest BCUT2D eigenvalue weighted by molar-refractivity contribution is 5.10. The molecule has 0 aliphatic heterocycles. The quantitative estimate of drug-likeness (QED) is 0.755. The van der Waals surface area contributed by atoms with Gasteiger partial charge < -0.3 is 5.11 Å². The van der Waals surface area contributed by atoms with Crippen molar-refractivity contribution in [3.8, 4) is 0 Å². The van der Waals surface area contributed by atoms with Gasteiger partial charge >= 0.3 is 0 Å². The van der Waals surface area contributed by atoms with E-state index in [0.717, 1.165) is 17.8 Å². The van der Waals surface area contributed by atoms with Crippen molar-refractivity contribution in [2.45, 2.75) is 26.0 Å². The Morgan fingerprint density at radius 3 is 3.07 bits per heavy atom. The number of hydrogen-bond acceptors (Lipinski definition) is 4. The Balaban J connectivity index is 2.02. The summed E-state index contributed by atoms with van der Waals surface area (Å²) in [6.45, 7) is 2.78. The van der Waals surface area contributed by atoms with Gasteiger partial charge in [-0.1, -0.05) is 5.21 Å². The molecule has 80 valence electrons. The second-order valence-corrected chi connectivity index (χ2v) is 3.32. The van der Waals surface area contributed by atoms with Crippen molar-refractivity contribution in [2.24, 2.45) is 0 Å². The van der Waals surface area contributed by atoms with Gasteiger partial charge in [0.05, 0.1) is 18.0 Å². The highest BCUT2D eigenvalue weighted by atomic mass is 16.3. The van der Waals surface area contributed by atoms with Crippen LogP contribution in [0.4, 0.5) is 0 Å². The molecule has 0 aliphatic rings. The molecule has 6 nitrogen and oxygen atoms in total. The Labute approximate surface area is 86.9 Å². The minimum atomic E-state index is -0.578. The molecule has 0 aliphatic carbocycles. The second kappa shape index (κ2) is 4.22. The van der Waals surface area contributed by atoms with E-state index in [0.29, 0.717) is 6.42 Å². The van der Waals surface area contributed by atoms with Gasteiger partial charge in [-0.15, -0.1) is 5.10 Å². The third-order valence-corrected chi connectivity index (χ3v) is 2.22. The van der Waals surface area contributed by atoms with E-state index in [9.17, 15) is 5.11 Å². The van der Waals surface area contributed by atoms with Crippen molar-refractivity contribution >= 4 is 0 Å². The van der Waals surface area contributed by atoms with Gasteiger partial charge in [-0.05, 0) is 6.92 Å². The number of H-pyrrole nitrogens is 1. The largest absolute Gasteiger partial charge is 0.388 e. The zero-order chi connectivity index (χ0) is 10.7. The number of nitrogens with one attached hydrogen (secondary N) is 1. The van der Waals surface area contributed by atoms with Crippen LogP contribution >= 0.6 is 0 Å². The maximum absolute atomic E-state index is 9.81. The Morgan fingerprint density at radius 2 is 2.47 bits per heavy atom. The van der Waals surface area contributed by atoms with Gasteiger partial charge in [0.15, 0.2) is 0 Å². The summed E-state index contributed by atoms with van der Waals surface area (Å²) in [5.41, 5.74) is 1.55. The maximum Gasteiger partial charge on any atom is 0.0877 e. The molecule has 0 radical (unpaired) electrons. The molecule has 0 amide bonds. The van der Waals surface area contributed by atoms with Crippen LogP contribution in [0.2, 0.25) is 0 Å². The summed E-state index contributed by atoms with van der Waals surface area (Å²) in [5.74, 6) is 0. The molecule has 0 fully saturated rings. The molecule has 2 aromatic rings.